The Morgan fingerprint density at radius 3 is 2.40 bits per heavy atom. The number of nitrogens with zero attached hydrogens (tertiary/aromatic N) is 5. The van der Waals surface area contributed by atoms with Crippen LogP contribution in [-0.2, 0) is 20.4 Å². The van der Waals surface area contributed by atoms with Crippen LogP contribution in [0, 0.1) is 11.3 Å². The molecule has 1 aliphatic carbocycles. The van der Waals surface area contributed by atoms with E-state index in [0.29, 0.717) is 22.4 Å². The Hall–Kier alpha value is -4.51. The molecule has 1 saturated heterocycles. The Kier molecular flexibility index (Phi) is 8.11. The van der Waals surface area contributed by atoms with Crippen molar-refractivity contribution in [3.05, 3.63) is 53.3 Å². The van der Waals surface area contributed by atoms with Gasteiger partial charge in [0, 0.05) is 11.6 Å². The summed E-state index contributed by atoms with van der Waals surface area (Å²) in [4.78, 5) is 37.5. The van der Waals surface area contributed by atoms with E-state index in [1.807, 2.05) is 0 Å². The third-order valence-corrected chi connectivity index (χ3v) is 7.51. The first-order valence-corrected chi connectivity index (χ1v) is 14.5. The SMILES string of the molecule is CC(C)(C)OC(=O)OCCOc1nc(C2CC2)nc2ccc(N3C(=S)N(c4ccc(C#N)c(C(F)(F)F)c4)C(=O)C3(C)C)cc12. The summed E-state index contributed by atoms with van der Waals surface area (Å²) >= 11 is 5.68. The van der Waals surface area contributed by atoms with Crippen LogP contribution in [0.5, 0.6) is 5.88 Å². The van der Waals surface area contributed by atoms with Gasteiger partial charge >= 0.3 is 12.3 Å². The fraction of sp³-hybridized carbons (Fsp3) is 0.419. The zero-order chi connectivity index (χ0) is 32.9. The molecule has 45 heavy (non-hydrogen) atoms. The van der Waals surface area contributed by atoms with Gasteiger partial charge in [-0.05, 0) is 96.1 Å². The molecule has 2 heterocycles. The topological polar surface area (TPSA) is 118 Å². The van der Waals surface area contributed by atoms with Crippen molar-refractivity contribution in [1.82, 2.24) is 9.97 Å². The minimum absolute atomic E-state index is 0.0280. The lowest BCUT2D eigenvalue weighted by Crippen LogP contribution is -2.44. The van der Waals surface area contributed by atoms with Crippen molar-refractivity contribution in [3.63, 3.8) is 0 Å². The minimum Gasteiger partial charge on any atom is -0.474 e. The van der Waals surface area contributed by atoms with Crippen molar-refractivity contribution in [1.29, 1.82) is 5.26 Å². The molecule has 1 amide bonds. The summed E-state index contributed by atoms with van der Waals surface area (Å²) in [6, 6.07) is 9.72. The highest BCUT2D eigenvalue weighted by Crippen LogP contribution is 2.42. The van der Waals surface area contributed by atoms with E-state index >= 15 is 0 Å². The number of hydrogen-bond donors (Lipinski definition) is 0. The van der Waals surface area contributed by atoms with Crippen molar-refractivity contribution >= 4 is 51.7 Å². The Bertz CT molecular complexity index is 1740. The average Bonchev–Trinajstić information content (AvgIpc) is 3.77. The number of carbonyl (C=O) groups excluding carboxylic acids is 2. The predicted octanol–water partition coefficient (Wildman–Crippen LogP) is 6.64. The molecule has 1 saturated carbocycles. The van der Waals surface area contributed by atoms with Gasteiger partial charge < -0.3 is 19.1 Å². The molecule has 0 unspecified atom stereocenters. The number of aromatic nitrogens is 2. The van der Waals surface area contributed by atoms with Crippen LogP contribution in [0.3, 0.4) is 0 Å². The number of amides is 1. The van der Waals surface area contributed by atoms with E-state index in [1.165, 1.54) is 6.07 Å². The molecule has 2 aromatic carbocycles. The highest BCUT2D eigenvalue weighted by Gasteiger charge is 2.51. The molecule has 3 aromatic rings. The van der Waals surface area contributed by atoms with Gasteiger partial charge in [0.1, 0.15) is 30.2 Å². The molecule has 2 fully saturated rings. The lowest BCUT2D eigenvalue weighted by Gasteiger charge is -2.29. The van der Waals surface area contributed by atoms with Crippen LogP contribution in [0.2, 0.25) is 0 Å². The summed E-state index contributed by atoms with van der Waals surface area (Å²) in [5.74, 6) is 0.517. The van der Waals surface area contributed by atoms with Gasteiger partial charge in [-0.25, -0.2) is 9.78 Å². The molecular weight excluding hydrogens is 611 g/mol. The molecule has 0 radical (unpaired) electrons. The van der Waals surface area contributed by atoms with E-state index in [2.05, 4.69) is 9.97 Å². The number of ether oxygens (including phenoxy) is 3. The van der Waals surface area contributed by atoms with Crippen LogP contribution in [0.4, 0.5) is 29.3 Å². The third kappa shape index (κ3) is 6.49. The van der Waals surface area contributed by atoms with Gasteiger partial charge in [-0.2, -0.15) is 23.4 Å². The lowest BCUT2D eigenvalue weighted by atomic mass is 10.0. The zero-order valence-corrected chi connectivity index (χ0v) is 26.0. The van der Waals surface area contributed by atoms with E-state index in [-0.39, 0.29) is 35.8 Å². The number of anilines is 2. The Morgan fingerprint density at radius 1 is 1.09 bits per heavy atom. The number of halogens is 3. The van der Waals surface area contributed by atoms with Gasteiger partial charge in [0.25, 0.3) is 5.91 Å². The summed E-state index contributed by atoms with van der Waals surface area (Å²) in [6.45, 7) is 8.25. The normalized spacial score (nSPS) is 16.6. The number of benzene rings is 2. The molecule has 10 nitrogen and oxygen atoms in total. The van der Waals surface area contributed by atoms with Crippen molar-refractivity contribution < 1.29 is 37.0 Å². The van der Waals surface area contributed by atoms with Crippen LogP contribution in [0.25, 0.3) is 10.9 Å². The van der Waals surface area contributed by atoms with Gasteiger partial charge in [0.2, 0.25) is 5.88 Å². The first-order valence-electron chi connectivity index (χ1n) is 14.1. The zero-order valence-electron chi connectivity index (χ0n) is 25.2. The van der Waals surface area contributed by atoms with Gasteiger partial charge in [0.15, 0.2) is 5.11 Å². The summed E-state index contributed by atoms with van der Waals surface area (Å²) in [7, 11) is 0. The van der Waals surface area contributed by atoms with E-state index < -0.39 is 40.5 Å². The molecule has 14 heteroatoms. The largest absolute Gasteiger partial charge is 0.508 e. The van der Waals surface area contributed by atoms with Crippen LogP contribution in [0.1, 0.15) is 70.3 Å². The van der Waals surface area contributed by atoms with E-state index in [1.54, 1.807) is 63.8 Å². The number of fused-ring (bicyclic) bond motifs is 1. The maximum Gasteiger partial charge on any atom is 0.508 e. The van der Waals surface area contributed by atoms with Crippen LogP contribution < -0.4 is 14.5 Å². The molecule has 5 rings (SSSR count). The average molecular weight is 642 g/mol. The van der Waals surface area contributed by atoms with Crippen LogP contribution >= 0.6 is 12.2 Å². The standard InChI is InChI=1S/C31H30F3N5O5S/c1-29(2,3)44-28(41)43-13-12-42-25-21-14-20(10-11-23(21)36-24(37-25)17-6-7-17)39-27(45)38(26(40)30(39,4)5)19-9-8-18(16-35)22(15-19)31(32,33)34/h8-11,14-15,17H,6-7,12-13H2,1-5H3. The van der Waals surface area contributed by atoms with E-state index in [9.17, 15) is 28.0 Å². The highest BCUT2D eigenvalue weighted by molar-refractivity contribution is 7.81. The Morgan fingerprint density at radius 2 is 1.78 bits per heavy atom. The molecule has 0 atom stereocenters. The quantitative estimate of drug-likeness (QED) is 0.158. The number of thiocarbonyl (C=S) groups is 1. The molecule has 236 valence electrons. The second kappa shape index (κ2) is 11.4. The minimum atomic E-state index is -4.81. The summed E-state index contributed by atoms with van der Waals surface area (Å²) in [6.07, 6.45) is -3.75. The highest BCUT2D eigenvalue weighted by atomic mass is 32.1. The lowest BCUT2D eigenvalue weighted by molar-refractivity contribution is -0.137. The number of rotatable bonds is 7. The van der Waals surface area contributed by atoms with E-state index in [0.717, 1.165) is 29.9 Å². The van der Waals surface area contributed by atoms with Gasteiger partial charge in [-0.1, -0.05) is 0 Å². The molecule has 0 spiro atoms. The Balaban J connectivity index is 1.47. The van der Waals surface area contributed by atoms with Gasteiger partial charge in [-0.3, -0.25) is 9.69 Å². The first-order chi connectivity index (χ1) is 21.0. The van der Waals surface area contributed by atoms with Crippen LogP contribution in [-0.4, -0.2) is 51.5 Å². The second-order valence-electron chi connectivity index (χ2n) is 12.2. The monoisotopic (exact) mass is 641 g/mol. The summed E-state index contributed by atoms with van der Waals surface area (Å²) < 4.78 is 57.4. The van der Waals surface area contributed by atoms with Crippen molar-refractivity contribution in [2.24, 2.45) is 0 Å². The van der Waals surface area contributed by atoms with Gasteiger partial charge in [-0.15, -0.1) is 0 Å². The molecule has 0 bridgehead atoms. The molecule has 1 aliphatic heterocycles. The molecule has 1 aromatic heterocycles. The molecule has 2 aliphatic rings. The van der Waals surface area contributed by atoms with Crippen molar-refractivity contribution in [2.75, 3.05) is 23.0 Å². The van der Waals surface area contributed by atoms with Crippen LogP contribution in [0.15, 0.2) is 36.4 Å². The smallest absolute Gasteiger partial charge is 0.474 e. The number of nitriles is 1. The maximum atomic E-state index is 13.7. The van der Waals surface area contributed by atoms with Crippen molar-refractivity contribution in [3.8, 4) is 11.9 Å². The molecular formula is C31H30F3N5O5S. The van der Waals surface area contributed by atoms with Crippen molar-refractivity contribution in [2.45, 2.75) is 70.7 Å². The number of carbonyl (C=O) groups is 2. The maximum absolute atomic E-state index is 13.7. The third-order valence-electron chi connectivity index (χ3n) is 7.15. The second-order valence-corrected chi connectivity index (χ2v) is 12.5. The number of alkyl halides is 3. The summed E-state index contributed by atoms with van der Waals surface area (Å²) in [5.41, 5.74) is -2.82. The molecule has 0 N–H and O–H groups in total. The fourth-order valence-electron chi connectivity index (χ4n) is 4.88. The number of hydrogen-bond acceptors (Lipinski definition) is 9. The predicted molar refractivity (Wildman–Crippen MR) is 162 cm³/mol. The Labute approximate surface area is 262 Å². The fourth-order valence-corrected chi connectivity index (χ4v) is 5.40. The van der Waals surface area contributed by atoms with E-state index in [4.69, 9.17) is 26.4 Å². The summed E-state index contributed by atoms with van der Waals surface area (Å²) in [5, 5.41) is 9.64. The van der Waals surface area contributed by atoms with Gasteiger partial charge in [0.05, 0.1) is 33.8 Å². The first kappa shape index (κ1) is 31.9.